The van der Waals surface area contributed by atoms with Crippen LogP contribution in [0.3, 0.4) is 0 Å². The Kier molecular flexibility index (Phi) is 3.69. The average Bonchev–Trinajstić information content (AvgIpc) is 2.26. The van der Waals surface area contributed by atoms with Gasteiger partial charge in [0.05, 0.1) is 6.04 Å². The van der Waals surface area contributed by atoms with Crippen molar-refractivity contribution in [2.24, 2.45) is 0 Å². The minimum atomic E-state index is -0.631. The Balaban J connectivity index is 2.84. The summed E-state index contributed by atoms with van der Waals surface area (Å²) in [6.07, 6.45) is 5.66. The lowest BCUT2D eigenvalue weighted by molar-refractivity contribution is -0.110. The number of carbonyl (C=O) groups is 1. The van der Waals surface area contributed by atoms with Gasteiger partial charge in [-0.3, -0.25) is 4.79 Å². The van der Waals surface area contributed by atoms with Gasteiger partial charge in [0.1, 0.15) is 6.67 Å². The normalized spacial score (nSPS) is 11.4. The monoisotopic (exact) mass is 191 g/mol. The first-order valence-electron chi connectivity index (χ1n) is 4.14. The van der Waals surface area contributed by atoms with Crippen LogP contribution in [0, 0.1) is 12.3 Å². The van der Waals surface area contributed by atoms with Gasteiger partial charge in [0.25, 0.3) is 0 Å². The summed E-state index contributed by atoms with van der Waals surface area (Å²) in [5.74, 6) is 2.46. The molecule has 14 heavy (non-hydrogen) atoms. The quantitative estimate of drug-likeness (QED) is 0.566. The van der Waals surface area contributed by atoms with Gasteiger partial charge >= 0.3 is 0 Å². The molecule has 1 unspecified atom stereocenters. The molecule has 1 aromatic rings. The summed E-state index contributed by atoms with van der Waals surface area (Å²) in [6, 6.07) is 6.25. The molecule has 0 saturated heterocycles. The van der Waals surface area contributed by atoms with Gasteiger partial charge in [-0.2, -0.15) is 0 Å². The zero-order valence-electron chi connectivity index (χ0n) is 7.53. The third-order valence-corrected chi connectivity index (χ3v) is 1.90. The van der Waals surface area contributed by atoms with Gasteiger partial charge < -0.3 is 5.32 Å². The number of carbonyl (C=O) groups excluding carboxylic acids is 1. The van der Waals surface area contributed by atoms with Crippen LogP contribution in [0.4, 0.5) is 4.39 Å². The summed E-state index contributed by atoms with van der Waals surface area (Å²) in [5, 5.41) is 2.38. The number of hydrogen-bond acceptors (Lipinski definition) is 1. The van der Waals surface area contributed by atoms with Crippen molar-refractivity contribution in [3.63, 3.8) is 0 Å². The molecule has 1 atom stereocenters. The number of rotatable bonds is 4. The molecular formula is C11H10FNO. The van der Waals surface area contributed by atoms with Crippen LogP contribution in [-0.4, -0.2) is 13.1 Å². The molecule has 1 N–H and O–H groups in total. The SMILES string of the molecule is C#Cc1ccc(C(CF)NC=O)cc1. The fourth-order valence-corrected chi connectivity index (χ4v) is 1.12. The molecule has 0 saturated carbocycles. The van der Waals surface area contributed by atoms with Gasteiger partial charge in [-0.05, 0) is 17.7 Å². The van der Waals surface area contributed by atoms with Gasteiger partial charge in [-0.1, -0.05) is 18.1 Å². The Morgan fingerprint density at radius 3 is 2.57 bits per heavy atom. The highest BCUT2D eigenvalue weighted by molar-refractivity contribution is 5.48. The average molecular weight is 191 g/mol. The third kappa shape index (κ3) is 2.33. The van der Waals surface area contributed by atoms with Crippen molar-refractivity contribution in [3.05, 3.63) is 35.4 Å². The molecule has 3 heteroatoms. The zero-order valence-corrected chi connectivity index (χ0v) is 7.53. The minimum absolute atomic E-state index is 0.485. The molecule has 0 aliphatic carbocycles. The molecule has 0 bridgehead atoms. The molecule has 0 fully saturated rings. The molecule has 0 aromatic heterocycles. The molecule has 1 rings (SSSR count). The molecule has 1 aromatic carbocycles. The van der Waals surface area contributed by atoms with Gasteiger partial charge in [-0.15, -0.1) is 6.42 Å². The number of alkyl halides is 1. The maximum absolute atomic E-state index is 12.5. The van der Waals surface area contributed by atoms with E-state index in [0.29, 0.717) is 12.0 Å². The number of nitrogens with one attached hydrogen (secondary N) is 1. The fourth-order valence-electron chi connectivity index (χ4n) is 1.12. The summed E-state index contributed by atoms with van der Waals surface area (Å²) >= 11 is 0. The van der Waals surface area contributed by atoms with Crippen LogP contribution in [0.15, 0.2) is 24.3 Å². The number of amides is 1. The Morgan fingerprint density at radius 1 is 1.50 bits per heavy atom. The van der Waals surface area contributed by atoms with Gasteiger partial charge in [0, 0.05) is 5.56 Å². The van der Waals surface area contributed by atoms with Crippen LogP contribution in [0.1, 0.15) is 17.2 Å². The van der Waals surface area contributed by atoms with Crippen molar-refractivity contribution in [3.8, 4) is 12.3 Å². The van der Waals surface area contributed by atoms with E-state index in [9.17, 15) is 9.18 Å². The predicted molar refractivity (Wildman–Crippen MR) is 52.3 cm³/mol. The molecule has 0 heterocycles. The maximum Gasteiger partial charge on any atom is 0.207 e. The van der Waals surface area contributed by atoms with Crippen LogP contribution in [0.5, 0.6) is 0 Å². The van der Waals surface area contributed by atoms with Crippen molar-refractivity contribution in [2.75, 3.05) is 6.67 Å². The fraction of sp³-hybridized carbons (Fsp3) is 0.182. The lowest BCUT2D eigenvalue weighted by Crippen LogP contribution is -2.21. The topological polar surface area (TPSA) is 29.1 Å². The molecule has 2 nitrogen and oxygen atoms in total. The van der Waals surface area contributed by atoms with E-state index in [1.165, 1.54) is 0 Å². The van der Waals surface area contributed by atoms with E-state index in [1.54, 1.807) is 24.3 Å². The molecule has 72 valence electrons. The Hall–Kier alpha value is -1.82. The van der Waals surface area contributed by atoms with E-state index in [-0.39, 0.29) is 0 Å². The van der Waals surface area contributed by atoms with E-state index in [4.69, 9.17) is 6.42 Å². The van der Waals surface area contributed by atoms with Gasteiger partial charge in [0.15, 0.2) is 0 Å². The molecule has 0 aliphatic heterocycles. The summed E-state index contributed by atoms with van der Waals surface area (Å²) < 4.78 is 12.5. The standard InChI is InChI=1S/C11H10FNO/c1-2-9-3-5-10(6-4-9)11(7-12)13-8-14/h1,3-6,8,11H,7H2,(H,13,14). The highest BCUT2D eigenvalue weighted by atomic mass is 19.1. The molecular weight excluding hydrogens is 181 g/mol. The van der Waals surface area contributed by atoms with Crippen LogP contribution in [0.25, 0.3) is 0 Å². The molecule has 1 amide bonds. The van der Waals surface area contributed by atoms with E-state index in [0.717, 1.165) is 5.56 Å². The number of hydrogen-bond donors (Lipinski definition) is 1. The van der Waals surface area contributed by atoms with E-state index < -0.39 is 12.7 Å². The van der Waals surface area contributed by atoms with Crippen molar-refractivity contribution in [1.82, 2.24) is 5.32 Å². The Labute approximate surface area is 82.1 Å². The summed E-state index contributed by atoms with van der Waals surface area (Å²) in [4.78, 5) is 10.2. The van der Waals surface area contributed by atoms with E-state index >= 15 is 0 Å². The predicted octanol–water partition coefficient (Wildman–Crippen LogP) is 1.42. The Bertz CT molecular complexity index is 339. The molecule has 0 spiro atoms. The maximum atomic E-state index is 12.5. The van der Waals surface area contributed by atoms with Crippen molar-refractivity contribution < 1.29 is 9.18 Å². The van der Waals surface area contributed by atoms with Crippen LogP contribution in [-0.2, 0) is 4.79 Å². The van der Waals surface area contributed by atoms with Crippen molar-refractivity contribution >= 4 is 6.41 Å². The lowest BCUT2D eigenvalue weighted by atomic mass is 10.1. The van der Waals surface area contributed by atoms with Crippen LogP contribution < -0.4 is 5.32 Å². The van der Waals surface area contributed by atoms with Gasteiger partial charge in [0.2, 0.25) is 6.41 Å². The summed E-state index contributed by atoms with van der Waals surface area (Å²) in [6.45, 7) is -0.631. The zero-order chi connectivity index (χ0) is 10.4. The first-order valence-corrected chi connectivity index (χ1v) is 4.14. The largest absolute Gasteiger partial charge is 0.349 e. The lowest BCUT2D eigenvalue weighted by Gasteiger charge is -2.11. The molecule has 0 radical (unpaired) electrons. The van der Waals surface area contributed by atoms with Crippen molar-refractivity contribution in [2.45, 2.75) is 6.04 Å². The minimum Gasteiger partial charge on any atom is -0.349 e. The second-order valence-corrected chi connectivity index (χ2v) is 2.76. The van der Waals surface area contributed by atoms with E-state index in [1.807, 2.05) is 0 Å². The second-order valence-electron chi connectivity index (χ2n) is 2.76. The molecule has 0 aliphatic rings. The number of terminal acetylenes is 1. The van der Waals surface area contributed by atoms with Crippen LogP contribution >= 0.6 is 0 Å². The highest BCUT2D eigenvalue weighted by Crippen LogP contribution is 2.13. The highest BCUT2D eigenvalue weighted by Gasteiger charge is 2.08. The number of benzene rings is 1. The smallest absolute Gasteiger partial charge is 0.207 e. The first kappa shape index (κ1) is 10.3. The summed E-state index contributed by atoms with van der Waals surface area (Å²) in [5.41, 5.74) is 1.44. The number of halogens is 1. The second kappa shape index (κ2) is 5.03. The summed E-state index contributed by atoms with van der Waals surface area (Å²) in [7, 11) is 0. The third-order valence-electron chi connectivity index (χ3n) is 1.90. The van der Waals surface area contributed by atoms with Crippen molar-refractivity contribution in [1.29, 1.82) is 0 Å². The van der Waals surface area contributed by atoms with E-state index in [2.05, 4.69) is 11.2 Å². The van der Waals surface area contributed by atoms with Gasteiger partial charge in [-0.25, -0.2) is 4.39 Å². The van der Waals surface area contributed by atoms with Crippen LogP contribution in [0.2, 0.25) is 0 Å². The first-order chi connectivity index (χ1) is 6.81. The Morgan fingerprint density at radius 2 is 2.14 bits per heavy atom.